The highest BCUT2D eigenvalue weighted by Gasteiger charge is 2.06. The van der Waals surface area contributed by atoms with E-state index < -0.39 is 5.82 Å². The molecule has 0 fully saturated rings. The first kappa shape index (κ1) is 12.3. The number of rotatable bonds is 4. The number of halogens is 2. The Kier molecular flexibility index (Phi) is 3.90. The summed E-state index contributed by atoms with van der Waals surface area (Å²) in [6, 6.07) is 3.93. The highest BCUT2D eigenvalue weighted by Crippen LogP contribution is 2.23. The first-order chi connectivity index (χ1) is 8.19. The second-order valence-electron chi connectivity index (χ2n) is 3.20. The zero-order chi connectivity index (χ0) is 12.3. The molecular formula is C10H10BrFN4S. The van der Waals surface area contributed by atoms with Crippen molar-refractivity contribution in [2.75, 3.05) is 17.7 Å². The summed E-state index contributed by atoms with van der Waals surface area (Å²) >= 11 is 4.97. The number of anilines is 2. The Labute approximate surface area is 110 Å². The molecule has 7 heteroatoms. The molecule has 0 radical (unpaired) electrons. The van der Waals surface area contributed by atoms with Crippen molar-refractivity contribution in [3.63, 3.8) is 0 Å². The van der Waals surface area contributed by atoms with Crippen molar-refractivity contribution in [3.8, 4) is 0 Å². The number of nitrogens with zero attached hydrogens (tertiary/aromatic N) is 2. The molecule has 0 spiro atoms. The number of hydrogen-bond donors (Lipinski definition) is 2. The fourth-order valence-electron chi connectivity index (χ4n) is 1.23. The molecule has 4 nitrogen and oxygen atoms in total. The lowest BCUT2D eigenvalue weighted by molar-refractivity contribution is 0.617. The van der Waals surface area contributed by atoms with Crippen LogP contribution in [0.15, 0.2) is 22.1 Å². The van der Waals surface area contributed by atoms with E-state index in [1.54, 1.807) is 18.4 Å². The zero-order valence-corrected chi connectivity index (χ0v) is 11.4. The van der Waals surface area contributed by atoms with Crippen LogP contribution >= 0.6 is 27.3 Å². The van der Waals surface area contributed by atoms with Crippen molar-refractivity contribution in [3.05, 3.63) is 32.8 Å². The zero-order valence-electron chi connectivity index (χ0n) is 9.00. The largest absolute Gasteiger partial charge is 0.363 e. The average Bonchev–Trinajstić information content (AvgIpc) is 2.74. The SMILES string of the molecule is CNc1ncc(F)c(NCc2ccc(Br)s2)n1. The van der Waals surface area contributed by atoms with Crippen LogP contribution in [0.5, 0.6) is 0 Å². The van der Waals surface area contributed by atoms with Crippen LogP contribution in [0.25, 0.3) is 0 Å². The van der Waals surface area contributed by atoms with Crippen LogP contribution in [0.4, 0.5) is 16.2 Å². The quantitative estimate of drug-likeness (QED) is 0.910. The Morgan fingerprint density at radius 1 is 1.47 bits per heavy atom. The minimum absolute atomic E-state index is 0.203. The smallest absolute Gasteiger partial charge is 0.224 e. The molecule has 0 aromatic carbocycles. The maximum atomic E-state index is 13.4. The molecule has 0 bridgehead atoms. The predicted octanol–water partition coefficient (Wildman–Crippen LogP) is 3.09. The molecule has 2 aromatic rings. The lowest BCUT2D eigenvalue weighted by Gasteiger charge is -2.06. The minimum Gasteiger partial charge on any atom is -0.363 e. The van der Waals surface area contributed by atoms with Crippen LogP contribution < -0.4 is 10.6 Å². The van der Waals surface area contributed by atoms with Crippen LogP contribution in [0.1, 0.15) is 4.88 Å². The van der Waals surface area contributed by atoms with Crippen LogP contribution in [0.3, 0.4) is 0 Å². The topological polar surface area (TPSA) is 49.8 Å². The minimum atomic E-state index is -0.459. The first-order valence-electron chi connectivity index (χ1n) is 4.87. The molecule has 17 heavy (non-hydrogen) atoms. The summed E-state index contributed by atoms with van der Waals surface area (Å²) < 4.78 is 14.4. The van der Waals surface area contributed by atoms with Gasteiger partial charge in [0.15, 0.2) is 11.6 Å². The molecule has 90 valence electrons. The van der Waals surface area contributed by atoms with Crippen molar-refractivity contribution in [2.24, 2.45) is 0 Å². The van der Waals surface area contributed by atoms with Gasteiger partial charge in [-0.3, -0.25) is 0 Å². The maximum Gasteiger partial charge on any atom is 0.224 e. The molecule has 0 aliphatic rings. The Bertz CT molecular complexity index is 517. The number of hydrogen-bond acceptors (Lipinski definition) is 5. The molecule has 2 aromatic heterocycles. The Morgan fingerprint density at radius 3 is 2.94 bits per heavy atom. The van der Waals surface area contributed by atoms with Gasteiger partial charge in [-0.15, -0.1) is 11.3 Å². The predicted molar refractivity (Wildman–Crippen MR) is 70.9 cm³/mol. The van der Waals surface area contributed by atoms with Crippen LogP contribution in [0, 0.1) is 5.82 Å². The average molecular weight is 317 g/mol. The van der Waals surface area contributed by atoms with Gasteiger partial charge in [0.05, 0.1) is 16.5 Å². The van der Waals surface area contributed by atoms with E-state index in [0.29, 0.717) is 12.5 Å². The van der Waals surface area contributed by atoms with Crippen molar-refractivity contribution in [1.82, 2.24) is 9.97 Å². The Hall–Kier alpha value is -1.21. The summed E-state index contributed by atoms with van der Waals surface area (Å²) in [6.07, 6.45) is 1.14. The fourth-order valence-corrected chi connectivity index (χ4v) is 2.65. The first-order valence-corrected chi connectivity index (χ1v) is 6.48. The van der Waals surface area contributed by atoms with Gasteiger partial charge in [-0.2, -0.15) is 4.98 Å². The second-order valence-corrected chi connectivity index (χ2v) is 5.75. The molecule has 0 aliphatic carbocycles. The van der Waals surface area contributed by atoms with Crippen LogP contribution in [-0.2, 0) is 6.54 Å². The van der Waals surface area contributed by atoms with Gasteiger partial charge in [0.25, 0.3) is 0 Å². The maximum absolute atomic E-state index is 13.4. The van der Waals surface area contributed by atoms with Crippen LogP contribution in [-0.4, -0.2) is 17.0 Å². The third-order valence-electron chi connectivity index (χ3n) is 2.03. The number of aromatic nitrogens is 2. The fraction of sp³-hybridized carbons (Fsp3) is 0.200. The summed E-state index contributed by atoms with van der Waals surface area (Å²) in [7, 11) is 1.69. The molecule has 0 atom stereocenters. The van der Waals surface area contributed by atoms with Gasteiger partial charge in [0, 0.05) is 11.9 Å². The van der Waals surface area contributed by atoms with Gasteiger partial charge in [0.1, 0.15) is 0 Å². The lowest BCUT2D eigenvalue weighted by atomic mass is 10.4. The summed E-state index contributed by atoms with van der Waals surface area (Å²) in [4.78, 5) is 8.87. The molecule has 0 saturated carbocycles. The summed E-state index contributed by atoms with van der Waals surface area (Å²) in [5.41, 5.74) is 0. The summed E-state index contributed by atoms with van der Waals surface area (Å²) in [6.45, 7) is 0.535. The molecule has 2 heterocycles. The molecule has 0 amide bonds. The molecule has 2 rings (SSSR count). The van der Waals surface area contributed by atoms with E-state index in [0.717, 1.165) is 14.9 Å². The Morgan fingerprint density at radius 2 is 2.29 bits per heavy atom. The highest BCUT2D eigenvalue weighted by atomic mass is 79.9. The van der Waals surface area contributed by atoms with E-state index in [-0.39, 0.29) is 5.82 Å². The molecule has 0 saturated heterocycles. The van der Waals surface area contributed by atoms with E-state index in [2.05, 4.69) is 36.5 Å². The Balaban J connectivity index is 2.07. The van der Waals surface area contributed by atoms with Crippen molar-refractivity contribution < 1.29 is 4.39 Å². The van der Waals surface area contributed by atoms with Gasteiger partial charge in [-0.25, -0.2) is 9.37 Å². The van der Waals surface area contributed by atoms with E-state index in [1.807, 2.05) is 12.1 Å². The summed E-state index contributed by atoms with van der Waals surface area (Å²) in [5.74, 6) is 0.134. The molecule has 0 unspecified atom stereocenters. The van der Waals surface area contributed by atoms with Gasteiger partial charge < -0.3 is 10.6 Å². The number of thiophene rings is 1. The van der Waals surface area contributed by atoms with Crippen molar-refractivity contribution in [1.29, 1.82) is 0 Å². The molecule has 0 aliphatic heterocycles. The second kappa shape index (κ2) is 5.42. The highest BCUT2D eigenvalue weighted by molar-refractivity contribution is 9.11. The van der Waals surface area contributed by atoms with E-state index in [1.165, 1.54) is 0 Å². The van der Waals surface area contributed by atoms with E-state index in [9.17, 15) is 4.39 Å². The van der Waals surface area contributed by atoms with Crippen LogP contribution in [0.2, 0.25) is 0 Å². The number of nitrogens with one attached hydrogen (secondary N) is 2. The molecule has 2 N–H and O–H groups in total. The van der Waals surface area contributed by atoms with Crippen molar-refractivity contribution in [2.45, 2.75) is 6.54 Å². The van der Waals surface area contributed by atoms with Gasteiger partial charge in [-0.05, 0) is 28.1 Å². The monoisotopic (exact) mass is 316 g/mol. The van der Waals surface area contributed by atoms with Gasteiger partial charge in [0.2, 0.25) is 5.95 Å². The third-order valence-corrected chi connectivity index (χ3v) is 3.65. The van der Waals surface area contributed by atoms with Gasteiger partial charge in [-0.1, -0.05) is 0 Å². The van der Waals surface area contributed by atoms with Gasteiger partial charge >= 0.3 is 0 Å². The van der Waals surface area contributed by atoms with E-state index >= 15 is 0 Å². The van der Waals surface area contributed by atoms with Crippen molar-refractivity contribution >= 4 is 39.0 Å². The normalized spacial score (nSPS) is 10.3. The van der Waals surface area contributed by atoms with E-state index in [4.69, 9.17) is 0 Å². The lowest BCUT2D eigenvalue weighted by Crippen LogP contribution is -2.05. The third kappa shape index (κ3) is 3.13. The summed E-state index contributed by atoms with van der Waals surface area (Å²) in [5, 5.41) is 5.70. The molecular weight excluding hydrogens is 307 g/mol. The standard InChI is InChI=1S/C10H10BrFN4S/c1-13-10-15-5-7(12)9(16-10)14-4-6-2-3-8(11)17-6/h2-3,5H,4H2,1H3,(H2,13,14,15,16).